The maximum absolute atomic E-state index is 12.5. The molecule has 3 aromatic rings. The first-order valence-electron chi connectivity index (χ1n) is 7.36. The van der Waals surface area contributed by atoms with Crippen molar-refractivity contribution in [3.05, 3.63) is 77.7 Å². The lowest BCUT2D eigenvalue weighted by Crippen LogP contribution is -2.25. The smallest absolute Gasteiger partial charge is 0.273 e. The van der Waals surface area contributed by atoms with Gasteiger partial charge in [-0.2, -0.15) is 0 Å². The van der Waals surface area contributed by atoms with E-state index in [9.17, 15) is 8.42 Å². The number of hydrogen-bond donors (Lipinski definition) is 0. The molecular weight excluding hydrogens is 342 g/mol. The zero-order chi connectivity index (χ0) is 17.0. The second-order valence-electron chi connectivity index (χ2n) is 5.17. The van der Waals surface area contributed by atoms with Crippen LogP contribution in [0.2, 0.25) is 0 Å². The Bertz CT molecular complexity index is 874. The summed E-state index contributed by atoms with van der Waals surface area (Å²) in [5, 5.41) is 1.75. The Morgan fingerprint density at radius 1 is 0.958 bits per heavy atom. The first-order valence-corrected chi connectivity index (χ1v) is 9.68. The average Bonchev–Trinajstić information content (AvgIpc) is 3.16. The van der Waals surface area contributed by atoms with Gasteiger partial charge in [-0.05, 0) is 41.3 Å². The van der Waals surface area contributed by atoms with Crippen LogP contribution in [-0.4, -0.2) is 15.5 Å². The molecule has 4 nitrogen and oxygen atoms in total. The van der Waals surface area contributed by atoms with E-state index in [0.717, 1.165) is 5.56 Å². The molecule has 6 heteroatoms. The van der Waals surface area contributed by atoms with E-state index in [1.54, 1.807) is 48.8 Å². The lowest BCUT2D eigenvalue weighted by atomic mass is 10.2. The maximum atomic E-state index is 12.5. The normalized spacial score (nSPS) is 11.2. The third kappa shape index (κ3) is 3.60. The third-order valence-corrected chi connectivity index (χ3v) is 6.72. The van der Waals surface area contributed by atoms with Crippen LogP contribution in [0.4, 0.5) is 5.69 Å². The van der Waals surface area contributed by atoms with Gasteiger partial charge < -0.3 is 4.74 Å². The summed E-state index contributed by atoms with van der Waals surface area (Å²) in [6.45, 7) is 0.476. The van der Waals surface area contributed by atoms with E-state index < -0.39 is 10.0 Å². The van der Waals surface area contributed by atoms with Gasteiger partial charge in [-0.15, -0.1) is 11.3 Å². The van der Waals surface area contributed by atoms with E-state index in [0.29, 0.717) is 22.3 Å². The Balaban J connectivity index is 1.70. The van der Waals surface area contributed by atoms with E-state index in [-0.39, 0.29) is 0 Å². The molecule has 0 radical (unpaired) electrons. The fourth-order valence-electron chi connectivity index (χ4n) is 2.18. The summed E-state index contributed by atoms with van der Waals surface area (Å²) >= 11 is 1.21. The Morgan fingerprint density at radius 3 is 2.29 bits per heavy atom. The molecule has 1 heterocycles. The van der Waals surface area contributed by atoms with E-state index in [1.165, 1.54) is 15.6 Å². The summed E-state index contributed by atoms with van der Waals surface area (Å²) in [5.74, 6) is 0.699. The molecule has 1 aromatic heterocycles. The summed E-state index contributed by atoms with van der Waals surface area (Å²) in [6.07, 6.45) is 0. The van der Waals surface area contributed by atoms with Gasteiger partial charge in [0.15, 0.2) is 0 Å². The molecule has 0 aliphatic rings. The SMILES string of the molecule is CN(c1ccc(OCc2ccccc2)cc1)S(=O)(=O)c1cccs1. The highest BCUT2D eigenvalue weighted by Gasteiger charge is 2.22. The van der Waals surface area contributed by atoms with E-state index in [1.807, 2.05) is 30.3 Å². The van der Waals surface area contributed by atoms with Crippen LogP contribution in [0.1, 0.15) is 5.56 Å². The third-order valence-electron chi connectivity index (χ3n) is 3.56. The molecule has 0 aliphatic carbocycles. The van der Waals surface area contributed by atoms with Crippen LogP contribution < -0.4 is 9.04 Å². The molecule has 24 heavy (non-hydrogen) atoms. The lowest BCUT2D eigenvalue weighted by Gasteiger charge is -2.18. The first-order chi connectivity index (χ1) is 11.6. The number of rotatable bonds is 6. The average molecular weight is 359 g/mol. The van der Waals surface area contributed by atoms with Crippen LogP contribution in [0, 0.1) is 0 Å². The molecule has 0 fully saturated rings. The van der Waals surface area contributed by atoms with Crippen molar-refractivity contribution >= 4 is 27.0 Å². The predicted molar refractivity (Wildman–Crippen MR) is 97.1 cm³/mol. The molecule has 0 atom stereocenters. The van der Waals surface area contributed by atoms with Crippen molar-refractivity contribution in [1.29, 1.82) is 0 Å². The highest BCUT2D eigenvalue weighted by Crippen LogP contribution is 2.26. The Morgan fingerprint density at radius 2 is 1.67 bits per heavy atom. The van der Waals surface area contributed by atoms with Crippen molar-refractivity contribution in [2.75, 3.05) is 11.4 Å². The summed E-state index contributed by atoms with van der Waals surface area (Å²) in [6, 6.07) is 20.3. The topological polar surface area (TPSA) is 46.6 Å². The number of thiophene rings is 1. The predicted octanol–water partition coefficient (Wildman–Crippen LogP) is 4.15. The molecule has 0 N–H and O–H groups in total. The van der Waals surface area contributed by atoms with E-state index in [4.69, 9.17) is 4.74 Å². The van der Waals surface area contributed by atoms with Gasteiger partial charge in [0.25, 0.3) is 10.0 Å². The molecule has 2 aromatic carbocycles. The molecule has 0 unspecified atom stereocenters. The fourth-order valence-corrected chi connectivity index (χ4v) is 4.53. The van der Waals surface area contributed by atoms with Gasteiger partial charge in [0.2, 0.25) is 0 Å². The number of nitrogens with zero attached hydrogens (tertiary/aromatic N) is 1. The largest absolute Gasteiger partial charge is 0.489 e. The number of benzene rings is 2. The quantitative estimate of drug-likeness (QED) is 0.664. The van der Waals surface area contributed by atoms with Crippen LogP contribution in [0.15, 0.2) is 76.3 Å². The molecule has 0 aliphatic heterocycles. The summed E-state index contributed by atoms with van der Waals surface area (Å²) in [4.78, 5) is 0. The Kier molecular flexibility index (Phi) is 4.87. The van der Waals surface area contributed by atoms with Crippen molar-refractivity contribution < 1.29 is 13.2 Å². The van der Waals surface area contributed by atoms with Crippen molar-refractivity contribution in [3.63, 3.8) is 0 Å². The zero-order valence-corrected chi connectivity index (χ0v) is 14.8. The first kappa shape index (κ1) is 16.5. The number of ether oxygens (including phenoxy) is 1. The molecule has 0 spiro atoms. The Labute approximate surface area is 146 Å². The van der Waals surface area contributed by atoms with Crippen LogP contribution in [-0.2, 0) is 16.6 Å². The van der Waals surface area contributed by atoms with Crippen molar-refractivity contribution in [1.82, 2.24) is 0 Å². The number of anilines is 1. The van der Waals surface area contributed by atoms with E-state index in [2.05, 4.69) is 0 Å². The van der Waals surface area contributed by atoms with Crippen LogP contribution in [0.5, 0.6) is 5.75 Å². The van der Waals surface area contributed by atoms with Crippen molar-refractivity contribution in [3.8, 4) is 5.75 Å². The summed E-state index contributed by atoms with van der Waals surface area (Å²) in [7, 11) is -1.96. The molecule has 0 bridgehead atoms. The monoisotopic (exact) mass is 359 g/mol. The van der Waals surface area contributed by atoms with E-state index >= 15 is 0 Å². The highest BCUT2D eigenvalue weighted by atomic mass is 32.2. The lowest BCUT2D eigenvalue weighted by molar-refractivity contribution is 0.306. The van der Waals surface area contributed by atoms with Gasteiger partial charge in [-0.3, -0.25) is 4.31 Å². The van der Waals surface area contributed by atoms with Gasteiger partial charge in [0, 0.05) is 7.05 Å². The number of hydrogen-bond acceptors (Lipinski definition) is 4. The van der Waals surface area contributed by atoms with Gasteiger partial charge in [-0.1, -0.05) is 36.4 Å². The van der Waals surface area contributed by atoms with Crippen molar-refractivity contribution in [2.24, 2.45) is 0 Å². The van der Waals surface area contributed by atoms with Gasteiger partial charge in [0.1, 0.15) is 16.6 Å². The Hall–Kier alpha value is -2.31. The molecule has 0 saturated carbocycles. The molecule has 3 rings (SSSR count). The summed E-state index contributed by atoms with van der Waals surface area (Å²) < 4.78 is 32.3. The minimum atomic E-state index is -3.51. The minimum Gasteiger partial charge on any atom is -0.489 e. The zero-order valence-electron chi connectivity index (χ0n) is 13.1. The summed E-state index contributed by atoms with van der Waals surface area (Å²) in [5.41, 5.74) is 1.68. The van der Waals surface area contributed by atoms with Crippen LogP contribution in [0.25, 0.3) is 0 Å². The van der Waals surface area contributed by atoms with Gasteiger partial charge in [-0.25, -0.2) is 8.42 Å². The van der Waals surface area contributed by atoms with Gasteiger partial charge in [0.05, 0.1) is 5.69 Å². The highest BCUT2D eigenvalue weighted by molar-refractivity contribution is 7.94. The van der Waals surface area contributed by atoms with Crippen LogP contribution in [0.3, 0.4) is 0 Å². The number of sulfonamides is 1. The standard InChI is InChI=1S/C18H17NO3S2/c1-19(24(20,21)18-8-5-13-23-18)16-9-11-17(12-10-16)22-14-15-6-3-2-4-7-15/h2-13H,14H2,1H3. The van der Waals surface area contributed by atoms with Crippen LogP contribution >= 0.6 is 11.3 Å². The molecule has 124 valence electrons. The molecule has 0 amide bonds. The minimum absolute atomic E-state index is 0.328. The fraction of sp³-hybridized carbons (Fsp3) is 0.111. The van der Waals surface area contributed by atoms with Crippen molar-refractivity contribution in [2.45, 2.75) is 10.8 Å². The second-order valence-corrected chi connectivity index (χ2v) is 8.32. The molecule has 0 saturated heterocycles. The molecular formula is C18H17NO3S2. The second kappa shape index (κ2) is 7.07. The van der Waals surface area contributed by atoms with Gasteiger partial charge >= 0.3 is 0 Å². The maximum Gasteiger partial charge on any atom is 0.273 e.